The molecule has 0 spiro atoms. The van der Waals surface area contributed by atoms with Gasteiger partial charge in [-0.3, -0.25) is 0 Å². The average Bonchev–Trinajstić information content (AvgIpc) is 2.77. The number of benzene rings is 3. The lowest BCUT2D eigenvalue weighted by Gasteiger charge is -2.41. The maximum atomic E-state index is 12.8. The number of alkyl halides is 3. The highest BCUT2D eigenvalue weighted by atomic mass is 19.4. The molecule has 172 valence electrons. The van der Waals surface area contributed by atoms with Crippen LogP contribution in [0.3, 0.4) is 0 Å². The number of hydrogen-bond donors (Lipinski definition) is 1. The van der Waals surface area contributed by atoms with Gasteiger partial charge >= 0.3 is 12.1 Å². The molecular formula is C25H21F3O5. The fourth-order valence-corrected chi connectivity index (χ4v) is 3.53. The molecule has 0 bridgehead atoms. The lowest BCUT2D eigenvalue weighted by Crippen LogP contribution is -2.49. The molecule has 1 N–H and O–H groups in total. The summed E-state index contributed by atoms with van der Waals surface area (Å²) >= 11 is 0. The average molecular weight is 458 g/mol. The summed E-state index contributed by atoms with van der Waals surface area (Å²) in [4.78, 5) is 10.8. The number of halogens is 3. The molecule has 0 amide bonds. The molecule has 8 heteroatoms. The van der Waals surface area contributed by atoms with Crippen LogP contribution in [0.5, 0.6) is 5.75 Å². The summed E-state index contributed by atoms with van der Waals surface area (Å²) in [6.07, 6.45) is -4.36. The van der Waals surface area contributed by atoms with Gasteiger partial charge in [-0.15, -0.1) is 0 Å². The Bertz CT molecular complexity index is 1100. The minimum atomic E-state index is -4.36. The van der Waals surface area contributed by atoms with E-state index in [-0.39, 0.29) is 19.8 Å². The van der Waals surface area contributed by atoms with Gasteiger partial charge in [-0.1, -0.05) is 42.5 Å². The first-order chi connectivity index (χ1) is 15.7. The molecule has 3 aromatic rings. The third-order valence-electron chi connectivity index (χ3n) is 5.40. The maximum absolute atomic E-state index is 12.8. The molecular weight excluding hydrogens is 437 g/mol. The molecule has 1 fully saturated rings. The lowest BCUT2D eigenvalue weighted by atomic mass is 9.91. The highest BCUT2D eigenvalue weighted by Crippen LogP contribution is 2.35. The summed E-state index contributed by atoms with van der Waals surface area (Å²) in [6, 6.07) is 19.6. The van der Waals surface area contributed by atoms with Crippen LogP contribution in [-0.2, 0) is 32.7 Å². The van der Waals surface area contributed by atoms with Gasteiger partial charge in [0, 0.05) is 0 Å². The van der Waals surface area contributed by atoms with E-state index in [1.165, 1.54) is 12.1 Å². The zero-order chi connectivity index (χ0) is 23.5. The van der Waals surface area contributed by atoms with Gasteiger partial charge in [-0.25, -0.2) is 4.79 Å². The van der Waals surface area contributed by atoms with Crippen molar-refractivity contribution in [1.82, 2.24) is 0 Å². The van der Waals surface area contributed by atoms with Crippen molar-refractivity contribution in [2.24, 2.45) is 0 Å². The van der Waals surface area contributed by atoms with Crippen LogP contribution in [0.4, 0.5) is 13.2 Å². The van der Waals surface area contributed by atoms with Crippen molar-refractivity contribution in [1.29, 1.82) is 0 Å². The van der Waals surface area contributed by atoms with Crippen molar-refractivity contribution in [2.75, 3.05) is 19.8 Å². The summed E-state index contributed by atoms with van der Waals surface area (Å²) in [5.41, 5.74) is 1.72. The highest BCUT2D eigenvalue weighted by Gasteiger charge is 2.42. The Morgan fingerprint density at radius 1 is 0.970 bits per heavy atom. The van der Waals surface area contributed by atoms with Gasteiger partial charge in [-0.05, 0) is 52.6 Å². The lowest BCUT2D eigenvalue weighted by molar-refractivity contribution is -0.220. The molecule has 1 heterocycles. The van der Waals surface area contributed by atoms with Gasteiger partial charge in [0.05, 0.1) is 18.8 Å². The van der Waals surface area contributed by atoms with Crippen molar-refractivity contribution in [3.05, 3.63) is 89.5 Å². The Morgan fingerprint density at radius 3 is 2.24 bits per heavy atom. The summed E-state index contributed by atoms with van der Waals surface area (Å²) in [5.74, 6) is -0.424. The standard InChI is InChI=1S/C25H21F3O5/c26-25(27,28)21-6-4-18(5-7-21)19-3-1-2-17(12-19)13-32-22-10-8-20(9-11-22)24(15-31-16-24)33-14-23(29)30/h1-12H,13-16H2,(H,29,30). The van der Waals surface area contributed by atoms with Crippen LogP contribution in [-0.4, -0.2) is 30.9 Å². The molecule has 3 aromatic carbocycles. The predicted octanol–water partition coefficient (Wildman–Crippen LogP) is 5.28. The zero-order valence-corrected chi connectivity index (χ0v) is 17.5. The SMILES string of the molecule is O=C(O)COC1(c2ccc(OCc3cccc(-c4ccc(C(F)(F)F)cc4)c3)cc2)COC1. The van der Waals surface area contributed by atoms with E-state index >= 15 is 0 Å². The minimum absolute atomic E-state index is 0.275. The van der Waals surface area contributed by atoms with Crippen LogP contribution in [0.2, 0.25) is 0 Å². The normalized spacial score (nSPS) is 15.0. The molecule has 0 atom stereocenters. The predicted molar refractivity (Wildman–Crippen MR) is 114 cm³/mol. The minimum Gasteiger partial charge on any atom is -0.489 e. The van der Waals surface area contributed by atoms with E-state index < -0.39 is 29.9 Å². The van der Waals surface area contributed by atoms with Crippen LogP contribution >= 0.6 is 0 Å². The molecule has 0 radical (unpaired) electrons. The quantitative estimate of drug-likeness (QED) is 0.498. The number of carboxylic acids is 1. The van der Waals surface area contributed by atoms with Crippen LogP contribution in [0.25, 0.3) is 11.1 Å². The first-order valence-electron chi connectivity index (χ1n) is 10.2. The highest BCUT2D eigenvalue weighted by molar-refractivity contribution is 5.68. The Morgan fingerprint density at radius 2 is 1.67 bits per heavy atom. The van der Waals surface area contributed by atoms with Crippen molar-refractivity contribution in [3.8, 4) is 16.9 Å². The number of rotatable bonds is 8. The van der Waals surface area contributed by atoms with Crippen molar-refractivity contribution in [3.63, 3.8) is 0 Å². The molecule has 1 aliphatic heterocycles. The van der Waals surface area contributed by atoms with E-state index in [0.717, 1.165) is 28.8 Å². The van der Waals surface area contributed by atoms with Crippen LogP contribution in [0.15, 0.2) is 72.8 Å². The molecule has 1 aliphatic rings. The largest absolute Gasteiger partial charge is 0.489 e. The summed E-state index contributed by atoms with van der Waals surface area (Å²) in [5, 5.41) is 8.87. The number of carbonyl (C=O) groups is 1. The van der Waals surface area contributed by atoms with Crippen molar-refractivity contribution in [2.45, 2.75) is 18.4 Å². The van der Waals surface area contributed by atoms with Gasteiger partial charge < -0.3 is 19.3 Å². The second-order valence-corrected chi connectivity index (χ2v) is 7.76. The number of aliphatic carboxylic acids is 1. The molecule has 4 rings (SSSR count). The molecule has 0 aliphatic carbocycles. The molecule has 5 nitrogen and oxygen atoms in total. The van der Waals surface area contributed by atoms with E-state index in [4.69, 9.17) is 19.3 Å². The molecule has 0 saturated carbocycles. The summed E-state index contributed by atoms with van der Waals surface area (Å²) < 4.78 is 54.9. The summed E-state index contributed by atoms with van der Waals surface area (Å²) in [6.45, 7) is 0.447. The zero-order valence-electron chi connectivity index (χ0n) is 17.5. The molecule has 0 aromatic heterocycles. The monoisotopic (exact) mass is 458 g/mol. The van der Waals surface area contributed by atoms with Crippen LogP contribution < -0.4 is 4.74 Å². The number of hydrogen-bond acceptors (Lipinski definition) is 4. The fraction of sp³-hybridized carbons (Fsp3) is 0.240. The van der Waals surface area contributed by atoms with Crippen molar-refractivity contribution >= 4 is 5.97 Å². The van der Waals surface area contributed by atoms with Gasteiger partial charge in [0.15, 0.2) is 0 Å². The topological polar surface area (TPSA) is 65.0 Å². The Balaban J connectivity index is 1.40. The van der Waals surface area contributed by atoms with E-state index in [2.05, 4.69) is 0 Å². The van der Waals surface area contributed by atoms with E-state index in [0.29, 0.717) is 11.3 Å². The van der Waals surface area contributed by atoms with Crippen LogP contribution in [0, 0.1) is 0 Å². The number of ether oxygens (including phenoxy) is 3. The second-order valence-electron chi connectivity index (χ2n) is 7.76. The first-order valence-corrected chi connectivity index (χ1v) is 10.2. The first kappa shape index (κ1) is 22.8. The Kier molecular flexibility index (Phi) is 6.40. The molecule has 33 heavy (non-hydrogen) atoms. The third kappa shape index (κ3) is 5.35. The van der Waals surface area contributed by atoms with E-state index in [1.807, 2.05) is 36.4 Å². The Labute approximate surface area is 188 Å². The second kappa shape index (κ2) is 9.25. The van der Waals surface area contributed by atoms with E-state index in [1.54, 1.807) is 12.1 Å². The number of carboxylic acid groups (broad SMARTS) is 1. The van der Waals surface area contributed by atoms with Gasteiger partial charge in [0.1, 0.15) is 24.6 Å². The fourth-order valence-electron chi connectivity index (χ4n) is 3.53. The molecule has 0 unspecified atom stereocenters. The smallest absolute Gasteiger partial charge is 0.416 e. The summed E-state index contributed by atoms with van der Waals surface area (Å²) in [7, 11) is 0. The third-order valence-corrected chi connectivity index (χ3v) is 5.40. The van der Waals surface area contributed by atoms with Gasteiger partial charge in [-0.2, -0.15) is 13.2 Å². The van der Waals surface area contributed by atoms with Crippen LogP contribution in [0.1, 0.15) is 16.7 Å². The van der Waals surface area contributed by atoms with E-state index in [9.17, 15) is 18.0 Å². The Hall–Kier alpha value is -3.36. The van der Waals surface area contributed by atoms with Gasteiger partial charge in [0.25, 0.3) is 0 Å². The van der Waals surface area contributed by atoms with Crippen molar-refractivity contribution < 1.29 is 37.3 Å². The molecule has 1 saturated heterocycles. The van der Waals surface area contributed by atoms with Gasteiger partial charge in [0.2, 0.25) is 0 Å². The maximum Gasteiger partial charge on any atom is 0.416 e.